The van der Waals surface area contributed by atoms with Gasteiger partial charge in [-0.3, -0.25) is 4.79 Å². The lowest BCUT2D eigenvalue weighted by molar-refractivity contribution is -0.202. The van der Waals surface area contributed by atoms with Crippen LogP contribution < -0.4 is 0 Å². The van der Waals surface area contributed by atoms with Crippen molar-refractivity contribution in [2.75, 3.05) is 0 Å². The van der Waals surface area contributed by atoms with Crippen LogP contribution in [0.5, 0.6) is 0 Å². The third-order valence-corrected chi connectivity index (χ3v) is 4.48. The van der Waals surface area contributed by atoms with Gasteiger partial charge in [-0.2, -0.15) is 0 Å². The van der Waals surface area contributed by atoms with E-state index in [9.17, 15) is 4.79 Å². The van der Waals surface area contributed by atoms with Crippen LogP contribution in [-0.4, -0.2) is 5.24 Å². The zero-order valence-electron chi connectivity index (χ0n) is 6.29. The van der Waals surface area contributed by atoms with Crippen molar-refractivity contribution < 1.29 is 4.79 Å². The van der Waals surface area contributed by atoms with Crippen molar-refractivity contribution in [3.05, 3.63) is 0 Å². The van der Waals surface area contributed by atoms with Crippen LogP contribution in [0.3, 0.4) is 0 Å². The van der Waals surface area contributed by atoms with Crippen LogP contribution in [0.4, 0.5) is 0 Å². The fraction of sp³-hybridized carbons (Fsp3) is 0.889. The largest absolute Gasteiger partial charge is 0.281 e. The van der Waals surface area contributed by atoms with Crippen molar-refractivity contribution in [3.8, 4) is 0 Å². The van der Waals surface area contributed by atoms with E-state index in [2.05, 4.69) is 0 Å². The molecule has 11 heavy (non-hydrogen) atoms. The molecule has 60 valence electrons. The molecular weight excluding hydrogens is 160 g/mol. The van der Waals surface area contributed by atoms with Crippen molar-refractivity contribution in [3.63, 3.8) is 0 Å². The zero-order chi connectivity index (χ0) is 7.59. The highest BCUT2D eigenvalue weighted by Gasteiger charge is 2.65. The van der Waals surface area contributed by atoms with Crippen molar-refractivity contribution >= 4 is 16.8 Å². The number of carbonyl (C=O) groups is 1. The van der Waals surface area contributed by atoms with Gasteiger partial charge in [0.05, 0.1) is 0 Å². The Hall–Kier alpha value is -0.0400. The minimum Gasteiger partial charge on any atom is -0.281 e. The summed E-state index contributed by atoms with van der Waals surface area (Å²) in [4.78, 5) is 10.9. The molecule has 0 radical (unpaired) electrons. The first-order chi connectivity index (χ1) is 5.29. The first-order valence-electron chi connectivity index (χ1n) is 4.48. The molecule has 0 N–H and O–H groups in total. The van der Waals surface area contributed by atoms with E-state index in [1.165, 1.54) is 12.8 Å². The van der Waals surface area contributed by atoms with Gasteiger partial charge in [0.25, 0.3) is 0 Å². The van der Waals surface area contributed by atoms with Gasteiger partial charge in [-0.25, -0.2) is 0 Å². The number of halogens is 1. The van der Waals surface area contributed by atoms with Crippen LogP contribution in [0.15, 0.2) is 0 Å². The van der Waals surface area contributed by atoms with Gasteiger partial charge in [0.2, 0.25) is 5.24 Å². The lowest BCUT2D eigenvalue weighted by atomic mass is 9.36. The van der Waals surface area contributed by atoms with Crippen LogP contribution in [0, 0.1) is 29.6 Å². The second-order valence-electron chi connectivity index (χ2n) is 4.29. The highest BCUT2D eigenvalue weighted by Crippen LogP contribution is 2.69. The van der Waals surface area contributed by atoms with Gasteiger partial charge < -0.3 is 0 Å². The van der Waals surface area contributed by atoms with Gasteiger partial charge in [0, 0.05) is 5.92 Å². The number of carbonyl (C=O) groups excluding carboxylic acids is 1. The summed E-state index contributed by atoms with van der Waals surface area (Å²) in [7, 11) is 0. The molecule has 3 aliphatic carbocycles. The predicted octanol–water partition coefficient (Wildman–Crippen LogP) is 2.04. The summed E-state index contributed by atoms with van der Waals surface area (Å²) in [6, 6.07) is 0. The molecule has 3 aliphatic rings. The molecule has 1 nitrogen and oxygen atoms in total. The summed E-state index contributed by atoms with van der Waals surface area (Å²) in [6.07, 6.45) is 3.90. The van der Waals surface area contributed by atoms with Crippen LogP contribution in [0.25, 0.3) is 0 Å². The second-order valence-corrected chi connectivity index (χ2v) is 4.67. The monoisotopic (exact) mass is 170 g/mol. The maximum atomic E-state index is 10.9. The molecule has 0 bridgehead atoms. The fourth-order valence-electron chi connectivity index (χ4n) is 3.45. The Kier molecular flexibility index (Phi) is 1.07. The molecule has 0 aliphatic heterocycles. The summed E-state index contributed by atoms with van der Waals surface area (Å²) in [5.74, 6) is 3.79. The summed E-state index contributed by atoms with van der Waals surface area (Å²) in [6.45, 7) is 0. The Morgan fingerprint density at radius 3 is 2.36 bits per heavy atom. The summed E-state index contributed by atoms with van der Waals surface area (Å²) in [5, 5.41) is -0.0726. The van der Waals surface area contributed by atoms with Gasteiger partial charge in [-0.05, 0) is 54.5 Å². The zero-order valence-corrected chi connectivity index (χ0v) is 7.05. The van der Waals surface area contributed by atoms with Gasteiger partial charge >= 0.3 is 0 Å². The maximum absolute atomic E-state index is 10.9. The van der Waals surface area contributed by atoms with Crippen molar-refractivity contribution in [1.29, 1.82) is 0 Å². The number of fused-ring (bicyclic) bond motifs is 4. The van der Waals surface area contributed by atoms with E-state index in [0.29, 0.717) is 0 Å². The fourth-order valence-corrected chi connectivity index (χ4v) is 3.68. The Morgan fingerprint density at radius 2 is 1.91 bits per heavy atom. The van der Waals surface area contributed by atoms with Crippen molar-refractivity contribution in [2.24, 2.45) is 29.6 Å². The number of rotatable bonds is 1. The minimum atomic E-state index is -0.0726. The van der Waals surface area contributed by atoms with Gasteiger partial charge in [0.15, 0.2) is 0 Å². The third kappa shape index (κ3) is 0.581. The highest BCUT2D eigenvalue weighted by molar-refractivity contribution is 6.64. The molecular formula is C9H11ClO. The summed E-state index contributed by atoms with van der Waals surface area (Å²) >= 11 is 5.47. The van der Waals surface area contributed by atoms with E-state index in [1.807, 2.05) is 0 Å². The first kappa shape index (κ1) is 6.47. The number of hydrogen-bond donors (Lipinski definition) is 0. The summed E-state index contributed by atoms with van der Waals surface area (Å²) in [5.41, 5.74) is 0. The summed E-state index contributed by atoms with van der Waals surface area (Å²) < 4.78 is 0. The number of hydrogen-bond acceptors (Lipinski definition) is 1. The van der Waals surface area contributed by atoms with E-state index in [0.717, 1.165) is 30.1 Å². The Morgan fingerprint density at radius 1 is 1.18 bits per heavy atom. The molecule has 2 heteroatoms. The van der Waals surface area contributed by atoms with Crippen LogP contribution in [-0.2, 0) is 4.79 Å². The van der Waals surface area contributed by atoms with E-state index in [1.54, 1.807) is 0 Å². The van der Waals surface area contributed by atoms with Gasteiger partial charge in [-0.15, -0.1) is 0 Å². The molecule has 0 aromatic carbocycles. The third-order valence-electron chi connectivity index (χ3n) is 4.20. The smallest absolute Gasteiger partial charge is 0.225 e. The Bertz CT molecular complexity index is 220. The molecule has 0 aromatic heterocycles. The van der Waals surface area contributed by atoms with E-state index >= 15 is 0 Å². The molecule has 3 fully saturated rings. The highest BCUT2D eigenvalue weighted by atomic mass is 35.5. The Balaban J connectivity index is 1.75. The van der Waals surface area contributed by atoms with Crippen LogP contribution in [0.1, 0.15) is 19.3 Å². The maximum Gasteiger partial charge on any atom is 0.225 e. The standard InChI is InChI=1S/C9H11ClO/c10-9(11)7-3-6-4-1-2-5(4)8(6)7/h4-8H,1-3H2. The average molecular weight is 171 g/mol. The molecule has 0 spiro atoms. The molecule has 0 amide bonds. The lowest BCUT2D eigenvalue weighted by Crippen LogP contribution is -2.64. The molecule has 0 aromatic rings. The average Bonchev–Trinajstić information content (AvgIpc) is 1.88. The quantitative estimate of drug-likeness (QED) is 0.551. The van der Waals surface area contributed by atoms with Crippen molar-refractivity contribution in [1.82, 2.24) is 0 Å². The van der Waals surface area contributed by atoms with Gasteiger partial charge in [0.1, 0.15) is 0 Å². The molecule has 5 unspecified atom stereocenters. The molecule has 3 saturated carbocycles. The molecule has 5 atom stereocenters. The van der Waals surface area contributed by atoms with E-state index < -0.39 is 0 Å². The van der Waals surface area contributed by atoms with Crippen LogP contribution >= 0.6 is 11.6 Å². The lowest BCUT2D eigenvalue weighted by Gasteiger charge is -2.68. The SMILES string of the molecule is O=C(Cl)C1CC2C3CCC3C12. The predicted molar refractivity (Wildman–Crippen MR) is 42.2 cm³/mol. The Labute approximate surface area is 71.1 Å². The minimum absolute atomic E-state index is 0.0726. The molecule has 3 rings (SSSR count). The van der Waals surface area contributed by atoms with E-state index in [-0.39, 0.29) is 11.2 Å². The normalized spacial score (nSPS) is 57.7. The van der Waals surface area contributed by atoms with Crippen molar-refractivity contribution in [2.45, 2.75) is 19.3 Å². The van der Waals surface area contributed by atoms with Crippen LogP contribution in [0.2, 0.25) is 0 Å². The first-order valence-corrected chi connectivity index (χ1v) is 4.86. The van der Waals surface area contributed by atoms with Gasteiger partial charge in [-0.1, -0.05) is 0 Å². The second kappa shape index (κ2) is 1.82. The molecule has 0 heterocycles. The van der Waals surface area contributed by atoms with E-state index in [4.69, 9.17) is 11.6 Å². The molecule has 0 saturated heterocycles. The topological polar surface area (TPSA) is 17.1 Å².